The van der Waals surface area contributed by atoms with E-state index in [2.05, 4.69) is 64.8 Å². The summed E-state index contributed by atoms with van der Waals surface area (Å²) in [7, 11) is 2.21. The summed E-state index contributed by atoms with van der Waals surface area (Å²) in [6.07, 6.45) is 0.926. The summed E-state index contributed by atoms with van der Waals surface area (Å²) in [4.78, 5) is 4.90. The van der Waals surface area contributed by atoms with Crippen LogP contribution >= 0.6 is 15.9 Å². The Kier molecular flexibility index (Phi) is 4.54. The standard InChI is InChI=1S/C15H24BrN3/c1-15(2)11-19(9-8-18(15)3)13-5-4-12(6-7-17)14(16)10-13/h4-5,10H,6-9,11,17H2,1-3H3. The Morgan fingerprint density at radius 3 is 2.63 bits per heavy atom. The number of piperazine rings is 1. The van der Waals surface area contributed by atoms with Crippen LogP contribution in [-0.2, 0) is 6.42 Å². The van der Waals surface area contributed by atoms with Crippen LogP contribution in [0.1, 0.15) is 19.4 Å². The summed E-state index contributed by atoms with van der Waals surface area (Å²) >= 11 is 3.66. The summed E-state index contributed by atoms with van der Waals surface area (Å²) in [5.74, 6) is 0. The molecule has 1 aliphatic rings. The molecular formula is C15H24BrN3. The molecule has 2 rings (SSSR count). The van der Waals surface area contributed by atoms with Crippen LogP contribution in [0.4, 0.5) is 5.69 Å². The lowest BCUT2D eigenvalue weighted by atomic mass is 9.99. The Morgan fingerprint density at radius 1 is 1.32 bits per heavy atom. The van der Waals surface area contributed by atoms with Crippen LogP contribution in [0.3, 0.4) is 0 Å². The Morgan fingerprint density at radius 2 is 2.05 bits per heavy atom. The normalized spacial score (nSPS) is 19.7. The maximum atomic E-state index is 5.62. The molecule has 0 bridgehead atoms. The van der Waals surface area contributed by atoms with Crippen molar-refractivity contribution in [3.8, 4) is 0 Å². The van der Waals surface area contributed by atoms with Gasteiger partial charge in [0.2, 0.25) is 0 Å². The zero-order chi connectivity index (χ0) is 14.0. The minimum atomic E-state index is 0.223. The van der Waals surface area contributed by atoms with E-state index in [0.29, 0.717) is 6.54 Å². The van der Waals surface area contributed by atoms with Gasteiger partial charge in [-0.3, -0.25) is 4.90 Å². The molecule has 0 unspecified atom stereocenters. The molecule has 0 saturated carbocycles. The molecule has 2 N–H and O–H groups in total. The number of rotatable bonds is 3. The van der Waals surface area contributed by atoms with Gasteiger partial charge in [-0.2, -0.15) is 0 Å². The van der Waals surface area contributed by atoms with Gasteiger partial charge in [0.15, 0.2) is 0 Å². The zero-order valence-corrected chi connectivity index (χ0v) is 13.7. The highest BCUT2D eigenvalue weighted by Crippen LogP contribution is 2.28. The van der Waals surface area contributed by atoms with E-state index in [1.165, 1.54) is 15.7 Å². The first-order valence-electron chi connectivity index (χ1n) is 6.89. The number of halogens is 1. The first-order valence-corrected chi connectivity index (χ1v) is 7.68. The molecule has 1 aliphatic heterocycles. The molecule has 1 fully saturated rings. The lowest BCUT2D eigenvalue weighted by Crippen LogP contribution is -2.57. The van der Waals surface area contributed by atoms with Gasteiger partial charge in [0.05, 0.1) is 0 Å². The van der Waals surface area contributed by atoms with E-state index in [1.54, 1.807) is 0 Å². The van der Waals surface area contributed by atoms with Crippen molar-refractivity contribution in [1.29, 1.82) is 0 Å². The first-order chi connectivity index (χ1) is 8.94. The van der Waals surface area contributed by atoms with E-state index >= 15 is 0 Å². The van der Waals surface area contributed by atoms with Gasteiger partial charge in [0.25, 0.3) is 0 Å². The van der Waals surface area contributed by atoms with Gasteiger partial charge in [0.1, 0.15) is 0 Å². The number of anilines is 1. The lowest BCUT2D eigenvalue weighted by molar-refractivity contribution is 0.139. The average molecular weight is 326 g/mol. The third-order valence-corrected chi connectivity index (χ3v) is 4.87. The Balaban J connectivity index is 2.16. The summed E-state index contributed by atoms with van der Waals surface area (Å²) in [6, 6.07) is 6.64. The number of hydrogen-bond donors (Lipinski definition) is 1. The van der Waals surface area contributed by atoms with Crippen molar-refractivity contribution in [3.63, 3.8) is 0 Å². The first kappa shape index (κ1) is 14.8. The molecule has 1 saturated heterocycles. The summed E-state index contributed by atoms with van der Waals surface area (Å²) in [5, 5.41) is 0. The molecule has 0 amide bonds. The number of nitrogens with zero attached hydrogens (tertiary/aromatic N) is 2. The van der Waals surface area contributed by atoms with Crippen LogP contribution in [0.15, 0.2) is 22.7 Å². The molecule has 1 aromatic carbocycles. The van der Waals surface area contributed by atoms with Crippen LogP contribution < -0.4 is 10.6 Å². The Labute approximate surface area is 124 Å². The van der Waals surface area contributed by atoms with Crippen molar-refractivity contribution in [2.75, 3.05) is 38.1 Å². The summed E-state index contributed by atoms with van der Waals surface area (Å²) in [5.41, 5.74) is 8.44. The molecule has 0 aliphatic carbocycles. The zero-order valence-electron chi connectivity index (χ0n) is 12.1. The van der Waals surface area contributed by atoms with Gasteiger partial charge in [-0.1, -0.05) is 22.0 Å². The molecule has 0 aromatic heterocycles. The second-order valence-corrected chi connectivity index (χ2v) is 6.82. The molecule has 0 atom stereocenters. The number of likely N-dealkylation sites (N-methyl/N-ethyl adjacent to an activating group) is 1. The SMILES string of the molecule is CN1CCN(c2ccc(CCN)c(Br)c2)CC1(C)C. The highest BCUT2D eigenvalue weighted by atomic mass is 79.9. The second-order valence-electron chi connectivity index (χ2n) is 5.97. The highest BCUT2D eigenvalue weighted by molar-refractivity contribution is 9.10. The third kappa shape index (κ3) is 3.30. The quantitative estimate of drug-likeness (QED) is 0.926. The second kappa shape index (κ2) is 5.81. The highest BCUT2D eigenvalue weighted by Gasteiger charge is 2.31. The molecule has 0 radical (unpaired) electrons. The maximum absolute atomic E-state index is 5.62. The predicted molar refractivity (Wildman–Crippen MR) is 85.8 cm³/mol. The smallest absolute Gasteiger partial charge is 0.0378 e. The van der Waals surface area contributed by atoms with Crippen molar-refractivity contribution in [3.05, 3.63) is 28.2 Å². The van der Waals surface area contributed by atoms with Gasteiger partial charge in [0, 0.05) is 35.3 Å². The van der Waals surface area contributed by atoms with Crippen molar-refractivity contribution in [2.24, 2.45) is 5.73 Å². The fourth-order valence-corrected chi connectivity index (χ4v) is 3.12. The maximum Gasteiger partial charge on any atom is 0.0378 e. The fraction of sp³-hybridized carbons (Fsp3) is 0.600. The topological polar surface area (TPSA) is 32.5 Å². The monoisotopic (exact) mass is 325 g/mol. The Bertz CT molecular complexity index is 445. The van der Waals surface area contributed by atoms with E-state index in [9.17, 15) is 0 Å². The fourth-order valence-electron chi connectivity index (χ4n) is 2.55. The van der Waals surface area contributed by atoms with E-state index < -0.39 is 0 Å². The third-order valence-electron chi connectivity index (χ3n) is 4.13. The molecule has 0 spiro atoms. The van der Waals surface area contributed by atoms with Crippen LogP contribution in [0.5, 0.6) is 0 Å². The van der Waals surface area contributed by atoms with Gasteiger partial charge < -0.3 is 10.6 Å². The molecular weight excluding hydrogens is 302 g/mol. The number of benzene rings is 1. The van der Waals surface area contributed by atoms with E-state index in [1.807, 2.05) is 0 Å². The summed E-state index contributed by atoms with van der Waals surface area (Å²) in [6.45, 7) is 8.55. The molecule has 4 heteroatoms. The molecule has 106 valence electrons. The van der Waals surface area contributed by atoms with Gasteiger partial charge >= 0.3 is 0 Å². The predicted octanol–water partition coefficient (Wildman–Crippen LogP) is 2.48. The summed E-state index contributed by atoms with van der Waals surface area (Å²) < 4.78 is 1.17. The van der Waals surface area contributed by atoms with Gasteiger partial charge in [-0.25, -0.2) is 0 Å². The van der Waals surface area contributed by atoms with Gasteiger partial charge in [-0.05, 0) is 51.6 Å². The molecule has 1 aromatic rings. The van der Waals surface area contributed by atoms with Crippen molar-refractivity contribution < 1.29 is 0 Å². The lowest BCUT2D eigenvalue weighted by Gasteiger charge is -2.46. The minimum absolute atomic E-state index is 0.223. The van der Waals surface area contributed by atoms with Crippen LogP contribution in [0.25, 0.3) is 0 Å². The Hall–Kier alpha value is -0.580. The van der Waals surface area contributed by atoms with E-state index in [4.69, 9.17) is 5.73 Å². The minimum Gasteiger partial charge on any atom is -0.368 e. The number of nitrogens with two attached hydrogens (primary N) is 1. The van der Waals surface area contributed by atoms with Crippen LogP contribution in [0.2, 0.25) is 0 Å². The average Bonchev–Trinajstić information content (AvgIpc) is 2.35. The largest absolute Gasteiger partial charge is 0.368 e. The van der Waals surface area contributed by atoms with Crippen molar-refractivity contribution in [1.82, 2.24) is 4.90 Å². The van der Waals surface area contributed by atoms with Crippen LogP contribution in [-0.4, -0.2) is 43.7 Å². The van der Waals surface area contributed by atoms with Gasteiger partial charge in [-0.15, -0.1) is 0 Å². The van der Waals surface area contributed by atoms with Crippen molar-refractivity contribution in [2.45, 2.75) is 25.8 Å². The van der Waals surface area contributed by atoms with E-state index in [0.717, 1.165) is 26.1 Å². The van der Waals surface area contributed by atoms with Crippen molar-refractivity contribution >= 4 is 21.6 Å². The molecule has 1 heterocycles. The molecule has 19 heavy (non-hydrogen) atoms. The van der Waals surface area contributed by atoms with E-state index in [-0.39, 0.29) is 5.54 Å². The van der Waals surface area contributed by atoms with Crippen LogP contribution in [0, 0.1) is 0 Å². The number of hydrogen-bond acceptors (Lipinski definition) is 3. The molecule has 3 nitrogen and oxygen atoms in total.